The molecule has 0 aliphatic heterocycles. The van der Waals surface area contributed by atoms with Gasteiger partial charge in [0.1, 0.15) is 17.0 Å². The second kappa shape index (κ2) is 6.47. The fourth-order valence-electron chi connectivity index (χ4n) is 2.22. The normalized spacial score (nSPS) is 11.3. The van der Waals surface area contributed by atoms with E-state index in [0.29, 0.717) is 22.0 Å². The standard InChI is InChI=1S/C18H12ClN3O/c1-23-15-5-6-17-12(10-15)8-13(18(19)22-17)9-14(11-20)16-4-2-3-7-21-16/h2-10H,1H3. The molecule has 0 atom stereocenters. The van der Waals surface area contributed by atoms with Crippen molar-refractivity contribution in [3.8, 4) is 11.8 Å². The summed E-state index contributed by atoms with van der Waals surface area (Å²) in [4.78, 5) is 8.56. The zero-order valence-corrected chi connectivity index (χ0v) is 13.1. The van der Waals surface area contributed by atoms with Crippen LogP contribution < -0.4 is 4.74 Å². The largest absolute Gasteiger partial charge is 0.497 e. The highest BCUT2D eigenvalue weighted by atomic mass is 35.5. The molecule has 0 fully saturated rings. The third-order valence-electron chi connectivity index (χ3n) is 3.36. The number of ether oxygens (including phenoxy) is 1. The van der Waals surface area contributed by atoms with Crippen LogP contribution in [0.15, 0.2) is 48.7 Å². The number of pyridine rings is 2. The Balaban J connectivity index is 2.13. The van der Waals surface area contributed by atoms with Crippen LogP contribution in [-0.4, -0.2) is 17.1 Å². The van der Waals surface area contributed by atoms with E-state index in [4.69, 9.17) is 16.3 Å². The van der Waals surface area contributed by atoms with E-state index in [1.54, 1.807) is 31.5 Å². The first-order valence-electron chi connectivity index (χ1n) is 6.89. The average Bonchev–Trinajstić information content (AvgIpc) is 2.60. The molecular weight excluding hydrogens is 310 g/mol. The molecular formula is C18H12ClN3O. The average molecular weight is 322 g/mol. The predicted molar refractivity (Wildman–Crippen MR) is 91.0 cm³/mol. The molecule has 2 heterocycles. The van der Waals surface area contributed by atoms with Crippen molar-refractivity contribution in [3.05, 3.63) is 65.1 Å². The minimum absolute atomic E-state index is 0.339. The molecule has 0 aliphatic carbocycles. The number of aromatic nitrogens is 2. The Labute approximate surface area is 138 Å². The predicted octanol–water partition coefficient (Wildman–Crippen LogP) is 4.36. The highest BCUT2D eigenvalue weighted by molar-refractivity contribution is 6.31. The number of nitriles is 1. The first-order chi connectivity index (χ1) is 11.2. The van der Waals surface area contributed by atoms with Crippen LogP contribution in [0.2, 0.25) is 5.15 Å². The summed E-state index contributed by atoms with van der Waals surface area (Å²) in [5.74, 6) is 0.738. The molecule has 1 aromatic carbocycles. The number of allylic oxidation sites excluding steroid dienone is 1. The number of nitrogens with zero attached hydrogens (tertiary/aromatic N) is 3. The van der Waals surface area contributed by atoms with Gasteiger partial charge in [-0.05, 0) is 42.5 Å². The maximum atomic E-state index is 9.39. The van der Waals surface area contributed by atoms with Gasteiger partial charge in [0, 0.05) is 17.1 Å². The summed E-state index contributed by atoms with van der Waals surface area (Å²) in [5.41, 5.74) is 2.45. The lowest BCUT2D eigenvalue weighted by Gasteiger charge is -2.05. The van der Waals surface area contributed by atoms with Gasteiger partial charge in [-0.3, -0.25) is 4.98 Å². The summed E-state index contributed by atoms with van der Waals surface area (Å²) in [6.45, 7) is 0. The minimum atomic E-state index is 0.339. The van der Waals surface area contributed by atoms with E-state index in [1.165, 1.54) is 0 Å². The fraction of sp³-hybridized carbons (Fsp3) is 0.0556. The zero-order valence-electron chi connectivity index (χ0n) is 12.3. The molecule has 23 heavy (non-hydrogen) atoms. The van der Waals surface area contributed by atoms with Crippen LogP contribution in [0.4, 0.5) is 0 Å². The van der Waals surface area contributed by atoms with Crippen molar-refractivity contribution >= 4 is 34.2 Å². The molecule has 3 aromatic rings. The third-order valence-corrected chi connectivity index (χ3v) is 3.67. The van der Waals surface area contributed by atoms with Crippen LogP contribution in [0.1, 0.15) is 11.3 Å². The lowest BCUT2D eigenvalue weighted by atomic mass is 10.1. The van der Waals surface area contributed by atoms with Crippen molar-refractivity contribution < 1.29 is 4.74 Å². The van der Waals surface area contributed by atoms with Gasteiger partial charge in [0.25, 0.3) is 0 Å². The first-order valence-corrected chi connectivity index (χ1v) is 7.26. The van der Waals surface area contributed by atoms with Crippen molar-refractivity contribution in [2.24, 2.45) is 0 Å². The van der Waals surface area contributed by atoms with Gasteiger partial charge in [0.2, 0.25) is 0 Å². The SMILES string of the molecule is COc1ccc2nc(Cl)c(C=C(C#N)c3ccccn3)cc2c1. The molecule has 0 spiro atoms. The van der Waals surface area contributed by atoms with Gasteiger partial charge in [0.15, 0.2) is 0 Å². The van der Waals surface area contributed by atoms with Gasteiger partial charge in [0.05, 0.1) is 23.9 Å². The van der Waals surface area contributed by atoms with E-state index in [-0.39, 0.29) is 0 Å². The Morgan fingerprint density at radius 3 is 2.83 bits per heavy atom. The number of rotatable bonds is 3. The van der Waals surface area contributed by atoms with Gasteiger partial charge in [-0.2, -0.15) is 5.26 Å². The number of fused-ring (bicyclic) bond motifs is 1. The third kappa shape index (κ3) is 3.15. The van der Waals surface area contributed by atoms with Gasteiger partial charge in [-0.15, -0.1) is 0 Å². The lowest BCUT2D eigenvalue weighted by molar-refractivity contribution is 0.415. The second-order valence-corrected chi connectivity index (χ2v) is 5.17. The van der Waals surface area contributed by atoms with Crippen LogP contribution in [0.25, 0.3) is 22.6 Å². The van der Waals surface area contributed by atoms with E-state index in [0.717, 1.165) is 16.7 Å². The molecule has 0 saturated carbocycles. The zero-order chi connectivity index (χ0) is 16.2. The fourth-order valence-corrected chi connectivity index (χ4v) is 2.42. The monoisotopic (exact) mass is 321 g/mol. The molecule has 0 aliphatic rings. The molecule has 0 unspecified atom stereocenters. The number of halogens is 1. The van der Waals surface area contributed by atoms with E-state index in [1.807, 2.05) is 30.3 Å². The molecule has 4 nitrogen and oxygen atoms in total. The molecule has 0 saturated heterocycles. The molecule has 3 rings (SSSR count). The highest BCUT2D eigenvalue weighted by Crippen LogP contribution is 2.27. The molecule has 2 aromatic heterocycles. The van der Waals surface area contributed by atoms with Crippen molar-refractivity contribution in [1.82, 2.24) is 9.97 Å². The van der Waals surface area contributed by atoms with Gasteiger partial charge < -0.3 is 4.74 Å². The van der Waals surface area contributed by atoms with Crippen LogP contribution >= 0.6 is 11.6 Å². The Bertz CT molecular complexity index is 930. The smallest absolute Gasteiger partial charge is 0.137 e. The van der Waals surface area contributed by atoms with Gasteiger partial charge >= 0.3 is 0 Å². The van der Waals surface area contributed by atoms with Crippen molar-refractivity contribution in [2.75, 3.05) is 7.11 Å². The lowest BCUT2D eigenvalue weighted by Crippen LogP contribution is -1.89. The highest BCUT2D eigenvalue weighted by Gasteiger charge is 2.08. The molecule has 5 heteroatoms. The van der Waals surface area contributed by atoms with Crippen molar-refractivity contribution in [2.45, 2.75) is 0 Å². The van der Waals surface area contributed by atoms with Crippen LogP contribution in [0.5, 0.6) is 5.75 Å². The van der Waals surface area contributed by atoms with Crippen LogP contribution in [0.3, 0.4) is 0 Å². The number of methoxy groups -OCH3 is 1. The molecule has 0 bridgehead atoms. The second-order valence-electron chi connectivity index (χ2n) is 4.81. The van der Waals surface area contributed by atoms with E-state index < -0.39 is 0 Å². The summed E-state index contributed by atoms with van der Waals surface area (Å²) in [6, 6.07) is 15.0. The Morgan fingerprint density at radius 1 is 1.26 bits per heavy atom. The molecule has 0 amide bonds. The summed E-state index contributed by atoms with van der Waals surface area (Å²) in [5, 5.41) is 10.6. The molecule has 0 N–H and O–H groups in total. The summed E-state index contributed by atoms with van der Waals surface area (Å²) in [7, 11) is 1.61. The number of hydrogen-bond acceptors (Lipinski definition) is 4. The van der Waals surface area contributed by atoms with E-state index in [2.05, 4.69) is 16.0 Å². The molecule has 0 radical (unpaired) electrons. The van der Waals surface area contributed by atoms with Crippen molar-refractivity contribution in [3.63, 3.8) is 0 Å². The molecule has 112 valence electrons. The quantitative estimate of drug-likeness (QED) is 0.531. The van der Waals surface area contributed by atoms with Gasteiger partial charge in [-0.25, -0.2) is 4.98 Å². The minimum Gasteiger partial charge on any atom is -0.497 e. The summed E-state index contributed by atoms with van der Waals surface area (Å²) >= 11 is 6.25. The number of hydrogen-bond donors (Lipinski definition) is 0. The van der Waals surface area contributed by atoms with Gasteiger partial charge in [-0.1, -0.05) is 17.7 Å². The summed E-state index contributed by atoms with van der Waals surface area (Å²) in [6.07, 6.45) is 3.34. The number of benzene rings is 1. The van der Waals surface area contributed by atoms with E-state index >= 15 is 0 Å². The first kappa shape index (κ1) is 15.0. The Morgan fingerprint density at radius 2 is 2.13 bits per heavy atom. The van der Waals surface area contributed by atoms with Crippen LogP contribution in [-0.2, 0) is 0 Å². The Kier molecular flexibility index (Phi) is 4.22. The van der Waals surface area contributed by atoms with Crippen LogP contribution in [0, 0.1) is 11.3 Å². The van der Waals surface area contributed by atoms with Crippen molar-refractivity contribution in [1.29, 1.82) is 5.26 Å². The topological polar surface area (TPSA) is 58.8 Å². The Hall–Kier alpha value is -2.90. The maximum Gasteiger partial charge on any atom is 0.137 e. The summed E-state index contributed by atoms with van der Waals surface area (Å²) < 4.78 is 5.23. The van der Waals surface area contributed by atoms with E-state index in [9.17, 15) is 5.26 Å². The maximum absolute atomic E-state index is 9.39.